The van der Waals surface area contributed by atoms with Crippen LogP contribution in [0.1, 0.15) is 30.6 Å². The van der Waals surface area contributed by atoms with Gasteiger partial charge in [-0.2, -0.15) is 0 Å². The molecule has 1 aromatic rings. The largest absolute Gasteiger partial charge is 0.368 e. The van der Waals surface area contributed by atoms with E-state index in [9.17, 15) is 9.18 Å². The SMILES string of the molecule is CCCNC(=O)c1ccnc(NCC)c1F. The minimum Gasteiger partial charge on any atom is -0.368 e. The Bertz CT molecular complexity index is 368. The Labute approximate surface area is 94.3 Å². The first kappa shape index (κ1) is 12.4. The van der Waals surface area contributed by atoms with Gasteiger partial charge in [0, 0.05) is 19.3 Å². The first-order valence-corrected chi connectivity index (χ1v) is 5.37. The molecule has 0 aliphatic carbocycles. The van der Waals surface area contributed by atoms with Crippen LogP contribution < -0.4 is 10.6 Å². The third kappa shape index (κ3) is 2.92. The zero-order valence-electron chi connectivity index (χ0n) is 9.51. The number of nitrogens with one attached hydrogen (secondary N) is 2. The number of hydrogen-bond donors (Lipinski definition) is 2. The number of hydrogen-bond acceptors (Lipinski definition) is 3. The van der Waals surface area contributed by atoms with Crippen LogP contribution in [0.2, 0.25) is 0 Å². The molecule has 0 aliphatic rings. The number of pyridine rings is 1. The van der Waals surface area contributed by atoms with E-state index >= 15 is 0 Å². The summed E-state index contributed by atoms with van der Waals surface area (Å²) in [6.07, 6.45) is 2.24. The lowest BCUT2D eigenvalue weighted by atomic mass is 10.2. The van der Waals surface area contributed by atoms with Crippen molar-refractivity contribution in [3.8, 4) is 0 Å². The minimum absolute atomic E-state index is 0.0272. The predicted molar refractivity (Wildman–Crippen MR) is 61.0 cm³/mol. The van der Waals surface area contributed by atoms with E-state index < -0.39 is 11.7 Å². The summed E-state index contributed by atoms with van der Waals surface area (Å²) in [6.45, 7) is 4.87. The van der Waals surface area contributed by atoms with E-state index in [-0.39, 0.29) is 11.4 Å². The van der Waals surface area contributed by atoms with Crippen LogP contribution in [0.4, 0.5) is 10.2 Å². The molecule has 5 heteroatoms. The maximum Gasteiger partial charge on any atom is 0.254 e. The molecule has 0 saturated carbocycles. The molecule has 1 heterocycles. The van der Waals surface area contributed by atoms with Gasteiger partial charge >= 0.3 is 0 Å². The molecule has 1 aromatic heterocycles. The van der Waals surface area contributed by atoms with Crippen LogP contribution in [-0.2, 0) is 0 Å². The maximum atomic E-state index is 13.8. The van der Waals surface area contributed by atoms with E-state index in [1.807, 2.05) is 13.8 Å². The molecule has 2 N–H and O–H groups in total. The fourth-order valence-electron chi connectivity index (χ4n) is 1.24. The fraction of sp³-hybridized carbons (Fsp3) is 0.455. The first-order valence-electron chi connectivity index (χ1n) is 5.37. The Morgan fingerprint density at radius 3 is 2.88 bits per heavy atom. The lowest BCUT2D eigenvalue weighted by Crippen LogP contribution is -2.25. The summed E-state index contributed by atoms with van der Waals surface area (Å²) in [4.78, 5) is 15.4. The normalized spacial score (nSPS) is 9.94. The Morgan fingerprint density at radius 1 is 1.50 bits per heavy atom. The van der Waals surface area contributed by atoms with Crippen molar-refractivity contribution in [1.82, 2.24) is 10.3 Å². The fourth-order valence-corrected chi connectivity index (χ4v) is 1.24. The number of halogens is 1. The van der Waals surface area contributed by atoms with E-state index in [2.05, 4.69) is 15.6 Å². The Balaban J connectivity index is 2.87. The predicted octanol–water partition coefficient (Wildman–Crippen LogP) is 1.79. The Kier molecular flexibility index (Phi) is 4.69. The summed E-state index contributed by atoms with van der Waals surface area (Å²) in [5.74, 6) is -0.884. The first-order chi connectivity index (χ1) is 7.70. The number of carbonyl (C=O) groups is 1. The van der Waals surface area contributed by atoms with Crippen LogP contribution in [0.5, 0.6) is 0 Å². The Morgan fingerprint density at radius 2 is 2.25 bits per heavy atom. The molecule has 16 heavy (non-hydrogen) atoms. The van der Waals surface area contributed by atoms with Gasteiger partial charge in [-0.1, -0.05) is 6.92 Å². The highest BCUT2D eigenvalue weighted by Crippen LogP contribution is 2.14. The van der Waals surface area contributed by atoms with Crippen LogP contribution in [0.25, 0.3) is 0 Å². The second-order valence-electron chi connectivity index (χ2n) is 3.31. The zero-order valence-corrected chi connectivity index (χ0v) is 9.51. The summed E-state index contributed by atoms with van der Waals surface area (Å²) < 4.78 is 13.8. The maximum absolute atomic E-state index is 13.8. The van der Waals surface area contributed by atoms with Crippen molar-refractivity contribution in [2.24, 2.45) is 0 Å². The minimum atomic E-state index is -0.599. The molecule has 0 unspecified atom stereocenters. The molecule has 0 radical (unpaired) electrons. The van der Waals surface area contributed by atoms with Gasteiger partial charge in [-0.25, -0.2) is 9.37 Å². The number of anilines is 1. The van der Waals surface area contributed by atoms with Crippen LogP contribution in [0.3, 0.4) is 0 Å². The average Bonchev–Trinajstić information content (AvgIpc) is 2.29. The van der Waals surface area contributed by atoms with E-state index in [1.54, 1.807) is 0 Å². The quantitative estimate of drug-likeness (QED) is 0.803. The molecule has 0 fully saturated rings. The van der Waals surface area contributed by atoms with Crippen LogP contribution in [0, 0.1) is 5.82 Å². The van der Waals surface area contributed by atoms with E-state index in [0.717, 1.165) is 6.42 Å². The molecule has 0 aliphatic heterocycles. The van der Waals surface area contributed by atoms with Crippen molar-refractivity contribution < 1.29 is 9.18 Å². The molecule has 1 rings (SSSR count). The molecule has 0 bridgehead atoms. The van der Waals surface area contributed by atoms with E-state index in [0.29, 0.717) is 13.1 Å². The molecule has 1 amide bonds. The highest BCUT2D eigenvalue weighted by Gasteiger charge is 2.14. The number of rotatable bonds is 5. The van der Waals surface area contributed by atoms with Crippen molar-refractivity contribution in [1.29, 1.82) is 0 Å². The van der Waals surface area contributed by atoms with E-state index in [1.165, 1.54) is 12.3 Å². The van der Waals surface area contributed by atoms with Gasteiger partial charge in [-0.05, 0) is 19.4 Å². The highest BCUT2D eigenvalue weighted by atomic mass is 19.1. The van der Waals surface area contributed by atoms with Gasteiger partial charge in [0.05, 0.1) is 5.56 Å². The van der Waals surface area contributed by atoms with Gasteiger partial charge in [-0.3, -0.25) is 4.79 Å². The van der Waals surface area contributed by atoms with Gasteiger partial charge in [0.1, 0.15) is 0 Å². The van der Waals surface area contributed by atoms with Gasteiger partial charge in [-0.15, -0.1) is 0 Å². The number of amides is 1. The van der Waals surface area contributed by atoms with Gasteiger partial charge in [0.15, 0.2) is 11.6 Å². The van der Waals surface area contributed by atoms with Gasteiger partial charge in [0.2, 0.25) is 0 Å². The molecule has 0 aromatic carbocycles. The van der Waals surface area contributed by atoms with Crippen molar-refractivity contribution in [2.45, 2.75) is 20.3 Å². The van der Waals surface area contributed by atoms with Crippen molar-refractivity contribution in [3.05, 3.63) is 23.6 Å². The monoisotopic (exact) mass is 225 g/mol. The number of carbonyl (C=O) groups excluding carboxylic acids is 1. The molecule has 4 nitrogen and oxygen atoms in total. The van der Waals surface area contributed by atoms with Gasteiger partial charge < -0.3 is 10.6 Å². The second-order valence-corrected chi connectivity index (χ2v) is 3.31. The highest BCUT2D eigenvalue weighted by molar-refractivity contribution is 5.95. The molecule has 0 saturated heterocycles. The van der Waals surface area contributed by atoms with Crippen molar-refractivity contribution in [2.75, 3.05) is 18.4 Å². The molecule has 0 atom stereocenters. The van der Waals surface area contributed by atoms with E-state index in [4.69, 9.17) is 0 Å². The topological polar surface area (TPSA) is 54.0 Å². The summed E-state index contributed by atoms with van der Waals surface area (Å²) in [6, 6.07) is 1.38. The lowest BCUT2D eigenvalue weighted by molar-refractivity contribution is 0.0949. The zero-order chi connectivity index (χ0) is 12.0. The third-order valence-corrected chi connectivity index (χ3v) is 2.01. The van der Waals surface area contributed by atoms with Crippen LogP contribution in [-0.4, -0.2) is 24.0 Å². The Hall–Kier alpha value is -1.65. The van der Waals surface area contributed by atoms with Crippen LogP contribution >= 0.6 is 0 Å². The third-order valence-electron chi connectivity index (χ3n) is 2.01. The molecule has 0 spiro atoms. The summed E-state index contributed by atoms with van der Waals surface area (Å²) in [5, 5.41) is 5.39. The molecular formula is C11H16FN3O. The number of nitrogens with zero attached hydrogens (tertiary/aromatic N) is 1. The summed E-state index contributed by atoms with van der Waals surface area (Å²) in [7, 11) is 0. The standard InChI is InChI=1S/C11H16FN3O/c1-3-6-15-11(16)8-5-7-14-10(9(8)12)13-4-2/h5,7H,3-4,6H2,1-2H3,(H,13,14)(H,15,16). The van der Waals surface area contributed by atoms with Gasteiger partial charge in [0.25, 0.3) is 5.91 Å². The van der Waals surface area contributed by atoms with Crippen molar-refractivity contribution >= 4 is 11.7 Å². The number of aromatic nitrogens is 1. The smallest absolute Gasteiger partial charge is 0.254 e. The summed E-state index contributed by atoms with van der Waals surface area (Å²) in [5.41, 5.74) is 0.0272. The lowest BCUT2D eigenvalue weighted by Gasteiger charge is -2.08. The molecule has 88 valence electrons. The van der Waals surface area contributed by atoms with Crippen molar-refractivity contribution in [3.63, 3.8) is 0 Å². The average molecular weight is 225 g/mol. The van der Waals surface area contributed by atoms with Crippen LogP contribution in [0.15, 0.2) is 12.3 Å². The second kappa shape index (κ2) is 6.05. The summed E-state index contributed by atoms with van der Waals surface area (Å²) >= 11 is 0. The molecular weight excluding hydrogens is 209 g/mol.